The second-order valence-electron chi connectivity index (χ2n) is 4.50. The summed E-state index contributed by atoms with van der Waals surface area (Å²) in [4.78, 5) is 11.9. The molecule has 0 aliphatic carbocycles. The Kier molecular flexibility index (Phi) is 6.78. The molecular formula is C14H20F2N2OS. The van der Waals surface area contributed by atoms with E-state index in [9.17, 15) is 13.6 Å². The summed E-state index contributed by atoms with van der Waals surface area (Å²) < 4.78 is 27.4. The number of nitrogens with one attached hydrogen (secondary N) is 2. The number of anilines is 1. The number of hydrogen-bond acceptors (Lipinski definition) is 3. The van der Waals surface area contributed by atoms with Gasteiger partial charge in [0.25, 0.3) is 5.91 Å². The van der Waals surface area contributed by atoms with Crippen LogP contribution in [0.15, 0.2) is 12.1 Å². The third kappa shape index (κ3) is 4.67. The van der Waals surface area contributed by atoms with Crippen LogP contribution in [0.25, 0.3) is 0 Å². The van der Waals surface area contributed by atoms with Crippen LogP contribution in [-0.2, 0) is 0 Å². The highest BCUT2D eigenvalue weighted by molar-refractivity contribution is 7.98. The molecule has 0 spiro atoms. The van der Waals surface area contributed by atoms with E-state index in [1.54, 1.807) is 18.7 Å². The summed E-state index contributed by atoms with van der Waals surface area (Å²) in [6, 6.07) is 2.07. The van der Waals surface area contributed by atoms with Crippen LogP contribution in [0.1, 0.15) is 30.6 Å². The zero-order valence-corrected chi connectivity index (χ0v) is 12.7. The van der Waals surface area contributed by atoms with Gasteiger partial charge in [0.1, 0.15) is 17.3 Å². The van der Waals surface area contributed by atoms with Crippen molar-refractivity contribution in [2.75, 3.05) is 23.9 Å². The molecule has 0 saturated heterocycles. The van der Waals surface area contributed by atoms with Gasteiger partial charge in [-0.05, 0) is 44.4 Å². The molecular weight excluding hydrogens is 282 g/mol. The summed E-state index contributed by atoms with van der Waals surface area (Å²) in [5, 5.41) is 5.33. The highest BCUT2D eigenvalue weighted by Crippen LogP contribution is 2.20. The van der Waals surface area contributed by atoms with Crippen molar-refractivity contribution in [1.82, 2.24) is 5.32 Å². The van der Waals surface area contributed by atoms with Crippen molar-refractivity contribution in [3.8, 4) is 0 Å². The lowest BCUT2D eigenvalue weighted by molar-refractivity contribution is 0.0938. The fourth-order valence-corrected chi connectivity index (χ4v) is 2.31. The standard InChI is InChI=1S/C14H20F2N2OS/c1-4-17-13-11(15)7-10(8-12(13)16)14(19)18-9(2)5-6-20-3/h7-9,17H,4-6H2,1-3H3,(H,18,19). The first-order chi connectivity index (χ1) is 9.49. The summed E-state index contributed by atoms with van der Waals surface area (Å²) in [5.74, 6) is -1.05. The van der Waals surface area contributed by atoms with Gasteiger partial charge in [-0.25, -0.2) is 8.78 Å². The Balaban J connectivity index is 2.79. The van der Waals surface area contributed by atoms with E-state index < -0.39 is 17.5 Å². The average molecular weight is 302 g/mol. The smallest absolute Gasteiger partial charge is 0.251 e. The maximum absolute atomic E-state index is 13.7. The van der Waals surface area contributed by atoms with Gasteiger partial charge >= 0.3 is 0 Å². The molecule has 1 aromatic rings. The van der Waals surface area contributed by atoms with Gasteiger partial charge in [0.05, 0.1) is 0 Å². The Morgan fingerprint density at radius 2 is 1.95 bits per heavy atom. The Morgan fingerprint density at radius 1 is 1.35 bits per heavy atom. The van der Waals surface area contributed by atoms with Crippen molar-refractivity contribution in [1.29, 1.82) is 0 Å². The lowest BCUT2D eigenvalue weighted by Gasteiger charge is -2.14. The number of rotatable bonds is 7. The molecule has 3 nitrogen and oxygen atoms in total. The van der Waals surface area contributed by atoms with Crippen LogP contribution in [0.4, 0.5) is 14.5 Å². The monoisotopic (exact) mass is 302 g/mol. The Bertz CT molecular complexity index is 445. The minimum Gasteiger partial charge on any atom is -0.381 e. The Labute approximate surface area is 122 Å². The van der Waals surface area contributed by atoms with Gasteiger partial charge < -0.3 is 10.6 Å². The number of hydrogen-bond donors (Lipinski definition) is 2. The molecule has 0 radical (unpaired) electrons. The van der Waals surface area contributed by atoms with Gasteiger partial charge in [0.2, 0.25) is 0 Å². The van der Waals surface area contributed by atoms with Crippen LogP contribution in [0.3, 0.4) is 0 Å². The van der Waals surface area contributed by atoms with E-state index >= 15 is 0 Å². The molecule has 1 atom stereocenters. The molecule has 0 aliphatic rings. The van der Waals surface area contributed by atoms with Gasteiger partial charge in [-0.15, -0.1) is 0 Å². The molecule has 112 valence electrons. The molecule has 0 saturated carbocycles. The van der Waals surface area contributed by atoms with Crippen molar-refractivity contribution in [2.45, 2.75) is 26.3 Å². The van der Waals surface area contributed by atoms with Gasteiger partial charge in [0, 0.05) is 18.2 Å². The number of carbonyl (C=O) groups excluding carboxylic acids is 1. The molecule has 0 fully saturated rings. The van der Waals surface area contributed by atoms with Crippen molar-refractivity contribution >= 4 is 23.4 Å². The van der Waals surface area contributed by atoms with Gasteiger partial charge in [-0.3, -0.25) is 4.79 Å². The second-order valence-corrected chi connectivity index (χ2v) is 5.49. The summed E-state index contributed by atoms with van der Waals surface area (Å²) in [5.41, 5.74) is -0.197. The van der Waals surface area contributed by atoms with E-state index in [1.807, 2.05) is 13.2 Å². The topological polar surface area (TPSA) is 41.1 Å². The number of benzene rings is 1. The molecule has 1 aromatic carbocycles. The summed E-state index contributed by atoms with van der Waals surface area (Å²) in [6.07, 6.45) is 2.80. The van der Waals surface area contributed by atoms with Crippen LogP contribution in [-0.4, -0.2) is 30.5 Å². The van der Waals surface area contributed by atoms with Crippen molar-refractivity contribution < 1.29 is 13.6 Å². The molecule has 20 heavy (non-hydrogen) atoms. The maximum Gasteiger partial charge on any atom is 0.251 e. The van der Waals surface area contributed by atoms with Crippen molar-refractivity contribution in [3.05, 3.63) is 29.3 Å². The fraction of sp³-hybridized carbons (Fsp3) is 0.500. The zero-order valence-electron chi connectivity index (χ0n) is 11.9. The van der Waals surface area contributed by atoms with E-state index in [0.29, 0.717) is 6.54 Å². The fourth-order valence-electron chi connectivity index (χ4n) is 1.72. The molecule has 1 rings (SSSR count). The molecule has 0 aliphatic heterocycles. The first-order valence-electron chi connectivity index (χ1n) is 6.52. The minimum atomic E-state index is -0.756. The van der Waals surface area contributed by atoms with Crippen LogP contribution < -0.4 is 10.6 Å². The highest BCUT2D eigenvalue weighted by Gasteiger charge is 2.16. The third-order valence-corrected chi connectivity index (χ3v) is 3.43. The number of carbonyl (C=O) groups is 1. The first kappa shape index (κ1) is 16.8. The molecule has 2 N–H and O–H groups in total. The van der Waals surface area contributed by atoms with Crippen LogP contribution in [0, 0.1) is 11.6 Å². The van der Waals surface area contributed by atoms with Crippen LogP contribution >= 0.6 is 11.8 Å². The predicted octanol–water partition coefficient (Wildman–Crippen LogP) is 3.27. The number of thioether (sulfide) groups is 1. The Hall–Kier alpha value is -1.30. The molecule has 6 heteroatoms. The minimum absolute atomic E-state index is 0.00217. The Morgan fingerprint density at radius 3 is 2.45 bits per heavy atom. The zero-order chi connectivity index (χ0) is 15.1. The number of halogens is 2. The largest absolute Gasteiger partial charge is 0.381 e. The summed E-state index contributed by atoms with van der Waals surface area (Å²) in [6.45, 7) is 4.02. The van der Waals surface area contributed by atoms with Gasteiger partial charge in [0.15, 0.2) is 0 Å². The molecule has 0 heterocycles. The highest BCUT2D eigenvalue weighted by atomic mass is 32.2. The normalized spacial score (nSPS) is 12.1. The second kappa shape index (κ2) is 8.09. The lowest BCUT2D eigenvalue weighted by atomic mass is 10.1. The average Bonchev–Trinajstić information content (AvgIpc) is 2.40. The SMILES string of the molecule is CCNc1c(F)cc(C(=O)NC(C)CCSC)cc1F. The van der Waals surface area contributed by atoms with Crippen LogP contribution in [0.2, 0.25) is 0 Å². The lowest BCUT2D eigenvalue weighted by Crippen LogP contribution is -2.33. The van der Waals surface area contributed by atoms with Crippen molar-refractivity contribution in [3.63, 3.8) is 0 Å². The van der Waals surface area contributed by atoms with E-state index in [1.165, 1.54) is 0 Å². The van der Waals surface area contributed by atoms with Gasteiger partial charge in [-0.1, -0.05) is 0 Å². The van der Waals surface area contributed by atoms with E-state index in [4.69, 9.17) is 0 Å². The van der Waals surface area contributed by atoms with Crippen molar-refractivity contribution in [2.24, 2.45) is 0 Å². The quantitative estimate of drug-likeness (QED) is 0.812. The van der Waals surface area contributed by atoms with E-state index in [-0.39, 0.29) is 17.3 Å². The van der Waals surface area contributed by atoms with E-state index in [0.717, 1.165) is 24.3 Å². The first-order valence-corrected chi connectivity index (χ1v) is 7.91. The summed E-state index contributed by atoms with van der Waals surface area (Å²) in [7, 11) is 0. The third-order valence-electron chi connectivity index (χ3n) is 2.79. The molecule has 0 aromatic heterocycles. The van der Waals surface area contributed by atoms with E-state index in [2.05, 4.69) is 10.6 Å². The summed E-state index contributed by atoms with van der Waals surface area (Å²) >= 11 is 1.69. The molecule has 0 bridgehead atoms. The molecule has 1 unspecified atom stereocenters. The number of amides is 1. The maximum atomic E-state index is 13.7. The molecule has 1 amide bonds. The van der Waals surface area contributed by atoms with Gasteiger partial charge in [-0.2, -0.15) is 11.8 Å². The predicted molar refractivity (Wildman–Crippen MR) is 80.4 cm³/mol. The van der Waals surface area contributed by atoms with Crippen LogP contribution in [0.5, 0.6) is 0 Å².